The Morgan fingerprint density at radius 1 is 1.13 bits per heavy atom. The van der Waals surface area contributed by atoms with Crippen molar-refractivity contribution in [1.82, 2.24) is 4.98 Å². The number of nitrogens with zero attached hydrogens (tertiary/aromatic N) is 1. The summed E-state index contributed by atoms with van der Waals surface area (Å²) in [4.78, 5) is 16.7. The van der Waals surface area contributed by atoms with Crippen LogP contribution in [0, 0.1) is 11.8 Å². The van der Waals surface area contributed by atoms with Crippen LogP contribution in [0.3, 0.4) is 0 Å². The zero-order valence-electron chi connectivity index (χ0n) is 14.7. The van der Waals surface area contributed by atoms with Crippen LogP contribution in [0.1, 0.15) is 77.3 Å². The fourth-order valence-electron chi connectivity index (χ4n) is 3.36. The van der Waals surface area contributed by atoms with E-state index in [0.717, 1.165) is 43.7 Å². The molecule has 1 heterocycles. The van der Waals surface area contributed by atoms with Gasteiger partial charge in [0.15, 0.2) is 0 Å². The lowest BCUT2D eigenvalue weighted by Gasteiger charge is -2.26. The molecule has 0 spiro atoms. The van der Waals surface area contributed by atoms with Crippen LogP contribution in [-0.4, -0.2) is 11.0 Å². The number of hydrogen-bond acceptors (Lipinski definition) is 3. The Kier molecular flexibility index (Phi) is 7.57. The molecule has 0 atom stereocenters. The van der Waals surface area contributed by atoms with Crippen molar-refractivity contribution in [3.8, 4) is 5.75 Å². The second kappa shape index (κ2) is 9.69. The van der Waals surface area contributed by atoms with E-state index in [1.807, 2.05) is 12.1 Å². The molecule has 1 aromatic heterocycles. The molecule has 3 nitrogen and oxygen atoms in total. The fourth-order valence-corrected chi connectivity index (χ4v) is 3.36. The maximum atomic E-state index is 12.2. The molecule has 0 amide bonds. The first-order chi connectivity index (χ1) is 11.2. The smallest absolute Gasteiger partial charge is 0.314 e. The Balaban J connectivity index is 1.75. The minimum Gasteiger partial charge on any atom is -0.425 e. The van der Waals surface area contributed by atoms with Gasteiger partial charge in [-0.15, -0.1) is 0 Å². The normalized spacial score (nSPS) is 21.1. The summed E-state index contributed by atoms with van der Waals surface area (Å²) in [6.07, 6.45) is 13.2. The van der Waals surface area contributed by atoms with Gasteiger partial charge in [-0.05, 0) is 56.6 Å². The number of hydrogen-bond donors (Lipinski definition) is 0. The van der Waals surface area contributed by atoms with Crippen LogP contribution in [0.2, 0.25) is 0 Å². The fraction of sp³-hybridized carbons (Fsp3) is 0.700. The molecule has 1 fully saturated rings. The van der Waals surface area contributed by atoms with E-state index < -0.39 is 0 Å². The molecule has 23 heavy (non-hydrogen) atoms. The van der Waals surface area contributed by atoms with Gasteiger partial charge in [0, 0.05) is 5.69 Å². The average molecular weight is 317 g/mol. The summed E-state index contributed by atoms with van der Waals surface area (Å²) in [5.74, 6) is 1.39. The maximum Gasteiger partial charge on any atom is 0.314 e. The Morgan fingerprint density at radius 3 is 2.52 bits per heavy atom. The number of carbonyl (C=O) groups excluding carboxylic acids is 1. The summed E-state index contributed by atoms with van der Waals surface area (Å²) in [5, 5.41) is 0. The summed E-state index contributed by atoms with van der Waals surface area (Å²) in [6, 6.07) is 3.88. The van der Waals surface area contributed by atoms with Crippen LogP contribution in [0.5, 0.6) is 5.75 Å². The van der Waals surface area contributed by atoms with Crippen LogP contribution in [0.15, 0.2) is 18.3 Å². The van der Waals surface area contributed by atoms with E-state index in [4.69, 9.17) is 4.74 Å². The lowest BCUT2D eigenvalue weighted by molar-refractivity contribution is -0.140. The number of aryl methyl sites for hydroxylation is 1. The molecule has 0 aliphatic heterocycles. The van der Waals surface area contributed by atoms with Crippen molar-refractivity contribution in [2.75, 3.05) is 0 Å². The lowest BCUT2D eigenvalue weighted by atomic mass is 9.81. The summed E-state index contributed by atoms with van der Waals surface area (Å²) in [5.41, 5.74) is 1.09. The number of aromatic nitrogens is 1. The maximum absolute atomic E-state index is 12.2. The van der Waals surface area contributed by atoms with Crippen molar-refractivity contribution in [2.45, 2.75) is 78.1 Å². The third-order valence-corrected chi connectivity index (χ3v) is 5.06. The summed E-state index contributed by atoms with van der Waals surface area (Å²) < 4.78 is 5.52. The van der Waals surface area contributed by atoms with Crippen molar-refractivity contribution in [3.05, 3.63) is 24.0 Å². The van der Waals surface area contributed by atoms with Crippen molar-refractivity contribution in [3.63, 3.8) is 0 Å². The molecular formula is C20H31NO2. The van der Waals surface area contributed by atoms with E-state index in [2.05, 4.69) is 18.8 Å². The van der Waals surface area contributed by atoms with Gasteiger partial charge in [0.1, 0.15) is 5.75 Å². The van der Waals surface area contributed by atoms with Gasteiger partial charge in [-0.2, -0.15) is 0 Å². The number of rotatable bonds is 8. The number of pyridine rings is 1. The second-order valence-corrected chi connectivity index (χ2v) is 6.84. The molecule has 0 saturated heterocycles. The first kappa shape index (κ1) is 18.0. The van der Waals surface area contributed by atoms with Gasteiger partial charge in [-0.3, -0.25) is 9.78 Å². The predicted molar refractivity (Wildman–Crippen MR) is 93.5 cm³/mol. The zero-order chi connectivity index (χ0) is 16.5. The lowest BCUT2D eigenvalue weighted by Crippen LogP contribution is -2.25. The molecule has 1 saturated carbocycles. The van der Waals surface area contributed by atoms with Crippen molar-refractivity contribution in [1.29, 1.82) is 0 Å². The zero-order valence-corrected chi connectivity index (χ0v) is 14.7. The van der Waals surface area contributed by atoms with E-state index in [-0.39, 0.29) is 11.9 Å². The summed E-state index contributed by atoms with van der Waals surface area (Å²) >= 11 is 0. The van der Waals surface area contributed by atoms with Crippen LogP contribution in [0.4, 0.5) is 0 Å². The van der Waals surface area contributed by atoms with Crippen LogP contribution < -0.4 is 4.74 Å². The molecule has 0 aromatic carbocycles. The molecule has 0 bridgehead atoms. The Morgan fingerprint density at radius 2 is 1.91 bits per heavy atom. The van der Waals surface area contributed by atoms with Gasteiger partial charge < -0.3 is 4.74 Å². The number of esters is 1. The highest BCUT2D eigenvalue weighted by atomic mass is 16.5. The van der Waals surface area contributed by atoms with Gasteiger partial charge >= 0.3 is 5.97 Å². The van der Waals surface area contributed by atoms with Gasteiger partial charge in [-0.25, -0.2) is 0 Å². The average Bonchev–Trinajstić information content (AvgIpc) is 2.60. The van der Waals surface area contributed by atoms with E-state index in [9.17, 15) is 4.79 Å². The quantitative estimate of drug-likeness (QED) is 0.481. The van der Waals surface area contributed by atoms with Gasteiger partial charge in [-0.1, -0.05) is 39.5 Å². The van der Waals surface area contributed by atoms with Gasteiger partial charge in [0.05, 0.1) is 12.1 Å². The van der Waals surface area contributed by atoms with Gasteiger partial charge in [0.25, 0.3) is 0 Å². The topological polar surface area (TPSA) is 39.2 Å². The minimum absolute atomic E-state index is 0.0722. The Labute approximate surface area is 140 Å². The monoisotopic (exact) mass is 317 g/mol. The molecular weight excluding hydrogens is 286 g/mol. The molecule has 0 unspecified atom stereocenters. The third kappa shape index (κ3) is 5.96. The van der Waals surface area contributed by atoms with Crippen LogP contribution >= 0.6 is 0 Å². The summed E-state index contributed by atoms with van der Waals surface area (Å²) in [7, 11) is 0. The molecule has 2 rings (SSSR count). The minimum atomic E-state index is -0.0722. The van der Waals surface area contributed by atoms with E-state index in [0.29, 0.717) is 5.75 Å². The molecule has 0 radical (unpaired) electrons. The first-order valence-electron chi connectivity index (χ1n) is 9.39. The highest BCUT2D eigenvalue weighted by molar-refractivity contribution is 5.75. The molecule has 1 aliphatic carbocycles. The van der Waals surface area contributed by atoms with Crippen molar-refractivity contribution >= 4 is 5.97 Å². The van der Waals surface area contributed by atoms with Crippen LogP contribution in [-0.2, 0) is 11.2 Å². The Bertz CT molecular complexity index is 461. The van der Waals surface area contributed by atoms with E-state index in [1.165, 1.54) is 32.1 Å². The Hall–Kier alpha value is -1.38. The summed E-state index contributed by atoms with van der Waals surface area (Å²) in [6.45, 7) is 4.45. The highest BCUT2D eigenvalue weighted by Gasteiger charge is 2.26. The van der Waals surface area contributed by atoms with E-state index in [1.54, 1.807) is 6.20 Å². The molecule has 128 valence electrons. The largest absolute Gasteiger partial charge is 0.425 e. The first-order valence-corrected chi connectivity index (χ1v) is 9.39. The van der Waals surface area contributed by atoms with Crippen LogP contribution in [0.25, 0.3) is 0 Å². The standard InChI is InChI=1S/C20H31NO2/c1-3-5-6-7-8-18-13-14-19(15-21-18)23-20(22)17-11-9-16(4-2)10-12-17/h13-17H,3-12H2,1-2H3/t16-,17-. The second-order valence-electron chi connectivity index (χ2n) is 6.84. The van der Waals surface area contributed by atoms with Crippen molar-refractivity contribution in [2.24, 2.45) is 11.8 Å². The SMILES string of the molecule is CCCCCCc1ccc(OC(=O)[C@H]2CC[C@H](CC)CC2)cn1. The highest BCUT2D eigenvalue weighted by Crippen LogP contribution is 2.31. The molecule has 0 N–H and O–H groups in total. The molecule has 3 heteroatoms. The molecule has 1 aliphatic rings. The van der Waals surface area contributed by atoms with Gasteiger partial charge in [0.2, 0.25) is 0 Å². The van der Waals surface area contributed by atoms with Crippen molar-refractivity contribution < 1.29 is 9.53 Å². The molecule has 1 aromatic rings. The third-order valence-electron chi connectivity index (χ3n) is 5.06. The predicted octanol–water partition coefficient (Wildman–Crippen LogP) is 5.33. The van der Waals surface area contributed by atoms with E-state index >= 15 is 0 Å². The number of unbranched alkanes of at least 4 members (excludes halogenated alkanes) is 3. The number of carbonyl (C=O) groups is 1. The number of ether oxygens (including phenoxy) is 1.